The van der Waals surface area contributed by atoms with Crippen molar-refractivity contribution in [3.63, 3.8) is 0 Å². The number of hydrogen-bond acceptors (Lipinski definition) is 3. The quantitative estimate of drug-likeness (QED) is 0.693. The molecule has 0 radical (unpaired) electrons. The van der Waals surface area contributed by atoms with Crippen molar-refractivity contribution in [3.05, 3.63) is 41.5 Å². The molecular weight excluding hydrogens is 330 g/mol. The Bertz CT molecular complexity index is 579. The Morgan fingerprint density at radius 3 is 2.67 bits per heavy atom. The Labute approximate surface area is 134 Å². The van der Waals surface area contributed by atoms with Crippen LogP contribution in [0, 0.1) is 6.92 Å². The second-order valence-corrected chi connectivity index (χ2v) is 5.64. The van der Waals surface area contributed by atoms with Crippen molar-refractivity contribution in [1.29, 1.82) is 0 Å². The predicted molar refractivity (Wildman–Crippen MR) is 87.8 cm³/mol. The van der Waals surface area contributed by atoms with Gasteiger partial charge in [-0.25, -0.2) is 0 Å². The molecule has 0 spiro atoms. The molecule has 0 unspecified atom stereocenters. The zero-order chi connectivity index (χ0) is 15.2. The van der Waals surface area contributed by atoms with Gasteiger partial charge in [0, 0.05) is 17.2 Å². The summed E-state index contributed by atoms with van der Waals surface area (Å²) >= 11 is 3.45. The van der Waals surface area contributed by atoms with E-state index in [1.165, 1.54) is 0 Å². The van der Waals surface area contributed by atoms with Gasteiger partial charge in [-0.1, -0.05) is 29.8 Å². The number of pyridine rings is 1. The van der Waals surface area contributed by atoms with Crippen molar-refractivity contribution in [1.82, 2.24) is 14.8 Å². The first-order chi connectivity index (χ1) is 10.2. The minimum atomic E-state index is 0.470. The fourth-order valence-corrected chi connectivity index (χ4v) is 2.70. The lowest BCUT2D eigenvalue weighted by Crippen LogP contribution is -2.08. The number of alkyl halides is 1. The summed E-state index contributed by atoms with van der Waals surface area (Å²) in [4.78, 5) is 4.47. The molecule has 0 fully saturated rings. The van der Waals surface area contributed by atoms with E-state index in [2.05, 4.69) is 39.9 Å². The van der Waals surface area contributed by atoms with E-state index in [4.69, 9.17) is 4.74 Å². The van der Waals surface area contributed by atoms with Crippen molar-refractivity contribution in [2.45, 2.75) is 51.6 Å². The minimum Gasteiger partial charge on any atom is -0.485 e. The Hall–Kier alpha value is -1.36. The number of rotatable bonds is 7. The van der Waals surface area contributed by atoms with Crippen LogP contribution in [-0.4, -0.2) is 14.8 Å². The van der Waals surface area contributed by atoms with E-state index in [1.54, 1.807) is 0 Å². The van der Waals surface area contributed by atoms with Crippen LogP contribution < -0.4 is 4.74 Å². The highest BCUT2D eigenvalue weighted by Crippen LogP contribution is 2.21. The molecule has 2 aromatic rings. The smallest absolute Gasteiger partial charge is 0.142 e. The Morgan fingerprint density at radius 2 is 2.00 bits per heavy atom. The predicted octanol–water partition coefficient (Wildman–Crippen LogP) is 4.42. The van der Waals surface area contributed by atoms with Gasteiger partial charge in [0.1, 0.15) is 12.4 Å². The van der Waals surface area contributed by atoms with Crippen molar-refractivity contribution >= 4 is 15.9 Å². The number of aromatic nitrogens is 3. The Balaban J connectivity index is 2.03. The third-order valence-electron chi connectivity index (χ3n) is 3.55. The number of aryl methyl sites for hydroxylation is 1. The van der Waals surface area contributed by atoms with Gasteiger partial charge < -0.3 is 4.74 Å². The van der Waals surface area contributed by atoms with Gasteiger partial charge in [-0.05, 0) is 38.0 Å². The van der Waals surface area contributed by atoms with E-state index in [0.717, 1.165) is 35.7 Å². The largest absolute Gasteiger partial charge is 0.485 e. The van der Waals surface area contributed by atoms with E-state index < -0.39 is 0 Å². The highest BCUT2D eigenvalue weighted by molar-refractivity contribution is 9.08. The second-order valence-electron chi connectivity index (χ2n) is 5.08. The van der Waals surface area contributed by atoms with Crippen LogP contribution in [-0.2, 0) is 11.9 Å². The monoisotopic (exact) mass is 351 g/mol. The molecular formula is C16H22BrN3O. The van der Waals surface area contributed by atoms with E-state index in [9.17, 15) is 0 Å². The summed E-state index contributed by atoms with van der Waals surface area (Å²) in [6.45, 7) is 6.82. The summed E-state index contributed by atoms with van der Waals surface area (Å²) in [6.07, 6.45) is 4.22. The summed E-state index contributed by atoms with van der Waals surface area (Å²) in [5.74, 6) is 0.814. The molecule has 0 amide bonds. The third-order valence-corrected chi connectivity index (χ3v) is 4.09. The average molecular weight is 352 g/mol. The van der Waals surface area contributed by atoms with Gasteiger partial charge in [0.15, 0.2) is 0 Å². The highest BCUT2D eigenvalue weighted by atomic mass is 79.9. The molecule has 0 bridgehead atoms. The number of nitrogens with zero attached hydrogens (tertiary/aromatic N) is 3. The third kappa shape index (κ3) is 4.06. The highest BCUT2D eigenvalue weighted by Gasteiger charge is 2.09. The standard InChI is InChI=1S/C16H22BrN3O/c1-4-14(5-2)20-9-8-13(19-20)11-21-16-7-6-12(3)18-15(16)10-17/h6-9,14H,4-5,10-11H2,1-3H3. The van der Waals surface area contributed by atoms with Crippen LogP contribution in [0.2, 0.25) is 0 Å². The number of halogens is 1. The van der Waals surface area contributed by atoms with Crippen LogP contribution in [0.3, 0.4) is 0 Å². The van der Waals surface area contributed by atoms with Crippen molar-refractivity contribution in [3.8, 4) is 5.75 Å². The van der Waals surface area contributed by atoms with Gasteiger partial charge in [0.05, 0.1) is 17.4 Å². The Kier molecular flexibility index (Phi) is 5.79. The molecule has 0 saturated carbocycles. The maximum absolute atomic E-state index is 5.86. The zero-order valence-electron chi connectivity index (χ0n) is 12.8. The summed E-state index contributed by atoms with van der Waals surface area (Å²) in [7, 11) is 0. The van der Waals surface area contributed by atoms with Gasteiger partial charge in [0.2, 0.25) is 0 Å². The lowest BCUT2D eigenvalue weighted by molar-refractivity contribution is 0.293. The van der Waals surface area contributed by atoms with Crippen molar-refractivity contribution < 1.29 is 4.74 Å². The summed E-state index contributed by atoms with van der Waals surface area (Å²) in [6, 6.07) is 6.42. The van der Waals surface area contributed by atoms with Crippen LogP contribution in [0.5, 0.6) is 5.75 Å². The van der Waals surface area contributed by atoms with Gasteiger partial charge in [-0.15, -0.1) is 0 Å². The first-order valence-corrected chi connectivity index (χ1v) is 8.49. The topological polar surface area (TPSA) is 39.9 Å². The second kappa shape index (κ2) is 7.59. The van der Waals surface area contributed by atoms with Gasteiger partial charge >= 0.3 is 0 Å². The molecule has 0 aromatic carbocycles. The fourth-order valence-electron chi connectivity index (χ4n) is 2.30. The molecule has 2 rings (SSSR count). The summed E-state index contributed by atoms with van der Waals surface area (Å²) in [5.41, 5.74) is 2.87. The van der Waals surface area contributed by atoms with Crippen LogP contribution >= 0.6 is 15.9 Å². The van der Waals surface area contributed by atoms with Crippen molar-refractivity contribution in [2.75, 3.05) is 0 Å². The molecule has 0 aliphatic heterocycles. The number of ether oxygens (including phenoxy) is 1. The van der Waals surface area contributed by atoms with Crippen LogP contribution in [0.15, 0.2) is 24.4 Å². The molecule has 114 valence electrons. The molecule has 5 heteroatoms. The minimum absolute atomic E-state index is 0.470. The molecule has 0 N–H and O–H groups in total. The average Bonchev–Trinajstić information content (AvgIpc) is 2.96. The molecule has 2 heterocycles. The first-order valence-electron chi connectivity index (χ1n) is 7.37. The van der Waals surface area contributed by atoms with Crippen LogP contribution in [0.4, 0.5) is 0 Å². The molecule has 0 saturated heterocycles. The molecule has 2 aromatic heterocycles. The van der Waals surface area contributed by atoms with E-state index >= 15 is 0 Å². The van der Waals surface area contributed by atoms with E-state index in [-0.39, 0.29) is 0 Å². The fraction of sp³-hybridized carbons (Fsp3) is 0.500. The van der Waals surface area contributed by atoms with Gasteiger partial charge in [-0.3, -0.25) is 9.67 Å². The maximum atomic E-state index is 5.86. The maximum Gasteiger partial charge on any atom is 0.142 e. The van der Waals surface area contributed by atoms with Gasteiger partial charge in [-0.2, -0.15) is 5.10 Å². The molecule has 0 aliphatic rings. The Morgan fingerprint density at radius 1 is 1.24 bits per heavy atom. The SMILES string of the molecule is CCC(CC)n1ccc(COc2ccc(C)nc2CBr)n1. The van der Waals surface area contributed by atoms with Crippen LogP contribution in [0.25, 0.3) is 0 Å². The molecule has 0 aliphatic carbocycles. The molecule has 21 heavy (non-hydrogen) atoms. The van der Waals surface area contributed by atoms with Crippen molar-refractivity contribution in [2.24, 2.45) is 0 Å². The first kappa shape index (κ1) is 16.0. The number of hydrogen-bond donors (Lipinski definition) is 0. The lowest BCUT2D eigenvalue weighted by atomic mass is 10.2. The van der Waals surface area contributed by atoms with E-state index in [1.807, 2.05) is 36.0 Å². The van der Waals surface area contributed by atoms with Gasteiger partial charge in [0.25, 0.3) is 0 Å². The zero-order valence-corrected chi connectivity index (χ0v) is 14.4. The normalized spacial score (nSPS) is 11.1. The summed E-state index contributed by atoms with van der Waals surface area (Å²) in [5, 5.41) is 5.29. The molecule has 0 atom stereocenters. The van der Waals surface area contributed by atoms with E-state index in [0.29, 0.717) is 18.0 Å². The summed E-state index contributed by atoms with van der Waals surface area (Å²) < 4.78 is 7.90. The van der Waals surface area contributed by atoms with Crippen LogP contribution in [0.1, 0.15) is 49.8 Å². The lowest BCUT2D eigenvalue weighted by Gasteiger charge is -2.12. The molecule has 4 nitrogen and oxygen atoms in total.